The zero-order valence-corrected chi connectivity index (χ0v) is 11.4. The van der Waals surface area contributed by atoms with Crippen molar-refractivity contribution in [3.63, 3.8) is 0 Å². The van der Waals surface area contributed by atoms with E-state index < -0.39 is 0 Å². The molecule has 4 heteroatoms. The topological polar surface area (TPSA) is 62.1 Å². The molecule has 1 unspecified atom stereocenters. The quantitative estimate of drug-likeness (QED) is 0.938. The van der Waals surface area contributed by atoms with Gasteiger partial charge in [-0.1, -0.05) is 24.3 Å². The van der Waals surface area contributed by atoms with E-state index >= 15 is 0 Å². The van der Waals surface area contributed by atoms with Crippen molar-refractivity contribution < 1.29 is 9.53 Å². The van der Waals surface area contributed by atoms with Crippen LogP contribution < -0.4 is 10.1 Å². The molecule has 0 saturated carbocycles. The third-order valence-electron chi connectivity index (χ3n) is 3.56. The summed E-state index contributed by atoms with van der Waals surface area (Å²) in [7, 11) is 0. The van der Waals surface area contributed by atoms with Gasteiger partial charge in [0.1, 0.15) is 5.75 Å². The molecule has 0 fully saturated rings. The number of para-hydroxylation sites is 1. The van der Waals surface area contributed by atoms with Crippen LogP contribution in [0.3, 0.4) is 0 Å². The third kappa shape index (κ3) is 2.72. The lowest BCUT2D eigenvalue weighted by Crippen LogP contribution is -2.29. The van der Waals surface area contributed by atoms with Gasteiger partial charge in [0.25, 0.3) is 5.91 Å². The van der Waals surface area contributed by atoms with Crippen LogP contribution in [-0.2, 0) is 0 Å². The van der Waals surface area contributed by atoms with Crippen LogP contribution in [0.25, 0.3) is 0 Å². The molecule has 2 aromatic carbocycles. The van der Waals surface area contributed by atoms with Gasteiger partial charge in [-0.05, 0) is 24.3 Å². The van der Waals surface area contributed by atoms with Gasteiger partial charge in [0, 0.05) is 23.6 Å². The SMILES string of the molecule is N#Cc1cccc(C(=O)NCC2COc3ccccc32)c1. The number of fused-ring (bicyclic) bond motifs is 1. The van der Waals surface area contributed by atoms with Gasteiger partial charge in [-0.25, -0.2) is 0 Å². The van der Waals surface area contributed by atoms with Crippen molar-refractivity contribution in [1.82, 2.24) is 5.32 Å². The number of ether oxygens (including phenoxy) is 1. The minimum atomic E-state index is -0.170. The second-order valence-electron chi connectivity index (χ2n) is 4.95. The summed E-state index contributed by atoms with van der Waals surface area (Å²) in [4.78, 5) is 12.1. The van der Waals surface area contributed by atoms with E-state index in [0.29, 0.717) is 24.3 Å². The summed E-state index contributed by atoms with van der Waals surface area (Å²) in [5.74, 6) is 0.893. The maximum Gasteiger partial charge on any atom is 0.251 e. The lowest BCUT2D eigenvalue weighted by Gasteiger charge is -2.10. The van der Waals surface area contributed by atoms with E-state index in [1.54, 1.807) is 24.3 Å². The van der Waals surface area contributed by atoms with Crippen molar-refractivity contribution in [3.8, 4) is 11.8 Å². The normalized spacial score (nSPS) is 15.7. The van der Waals surface area contributed by atoms with Gasteiger partial charge in [0.15, 0.2) is 0 Å². The highest BCUT2D eigenvalue weighted by Crippen LogP contribution is 2.32. The highest BCUT2D eigenvalue weighted by atomic mass is 16.5. The van der Waals surface area contributed by atoms with Crippen molar-refractivity contribution in [2.45, 2.75) is 5.92 Å². The van der Waals surface area contributed by atoms with Gasteiger partial charge >= 0.3 is 0 Å². The minimum Gasteiger partial charge on any atom is -0.493 e. The molecule has 1 amide bonds. The molecule has 104 valence electrons. The van der Waals surface area contributed by atoms with Crippen LogP contribution in [0.5, 0.6) is 5.75 Å². The number of benzene rings is 2. The Morgan fingerprint density at radius 1 is 1.29 bits per heavy atom. The van der Waals surface area contributed by atoms with Crippen LogP contribution in [0.2, 0.25) is 0 Å². The summed E-state index contributed by atoms with van der Waals surface area (Å²) in [6, 6.07) is 16.6. The van der Waals surface area contributed by atoms with E-state index in [4.69, 9.17) is 10.00 Å². The Bertz CT molecular complexity index is 719. The molecule has 0 aliphatic carbocycles. The minimum absolute atomic E-state index is 0.170. The van der Waals surface area contributed by atoms with Gasteiger partial charge < -0.3 is 10.1 Å². The molecular weight excluding hydrogens is 264 g/mol. The number of nitrogens with zero attached hydrogens (tertiary/aromatic N) is 1. The fourth-order valence-electron chi connectivity index (χ4n) is 2.45. The molecule has 0 spiro atoms. The molecule has 21 heavy (non-hydrogen) atoms. The summed E-state index contributed by atoms with van der Waals surface area (Å²) < 4.78 is 5.59. The number of carbonyl (C=O) groups excluding carboxylic acids is 1. The van der Waals surface area contributed by atoms with E-state index in [0.717, 1.165) is 11.3 Å². The first-order valence-electron chi connectivity index (χ1n) is 6.78. The molecule has 3 rings (SSSR count). The molecule has 4 nitrogen and oxygen atoms in total. The molecule has 0 saturated heterocycles. The molecule has 2 aromatic rings. The van der Waals surface area contributed by atoms with Gasteiger partial charge in [-0.2, -0.15) is 5.26 Å². The number of nitrogens with one attached hydrogen (secondary N) is 1. The molecule has 1 aliphatic heterocycles. The monoisotopic (exact) mass is 278 g/mol. The number of carbonyl (C=O) groups is 1. The standard InChI is InChI=1S/C17H14N2O2/c18-9-12-4-3-5-13(8-12)17(20)19-10-14-11-21-16-7-2-1-6-15(14)16/h1-8,14H,10-11H2,(H,19,20). The number of hydrogen-bond donors (Lipinski definition) is 1. The first kappa shape index (κ1) is 13.2. The summed E-state index contributed by atoms with van der Waals surface area (Å²) in [6.45, 7) is 1.10. The zero-order chi connectivity index (χ0) is 14.7. The van der Waals surface area contributed by atoms with Crippen LogP contribution in [-0.4, -0.2) is 19.1 Å². The summed E-state index contributed by atoms with van der Waals surface area (Å²) >= 11 is 0. The molecule has 0 bridgehead atoms. The fraction of sp³-hybridized carbons (Fsp3) is 0.176. The van der Waals surface area contributed by atoms with Crippen LogP contribution in [0.1, 0.15) is 27.4 Å². The smallest absolute Gasteiger partial charge is 0.251 e. The van der Waals surface area contributed by atoms with Crippen LogP contribution in [0.15, 0.2) is 48.5 Å². The van der Waals surface area contributed by atoms with Crippen LogP contribution >= 0.6 is 0 Å². The van der Waals surface area contributed by atoms with E-state index in [9.17, 15) is 4.79 Å². The number of nitriles is 1. The number of rotatable bonds is 3. The summed E-state index contributed by atoms with van der Waals surface area (Å²) in [5, 5.41) is 11.8. The van der Waals surface area contributed by atoms with Crippen molar-refractivity contribution in [2.24, 2.45) is 0 Å². The average Bonchev–Trinajstić information content (AvgIpc) is 2.96. The Morgan fingerprint density at radius 3 is 3.00 bits per heavy atom. The second-order valence-corrected chi connectivity index (χ2v) is 4.95. The zero-order valence-electron chi connectivity index (χ0n) is 11.4. The van der Waals surface area contributed by atoms with E-state index in [-0.39, 0.29) is 11.8 Å². The third-order valence-corrected chi connectivity index (χ3v) is 3.56. The lowest BCUT2D eigenvalue weighted by atomic mass is 10.0. The molecular formula is C17H14N2O2. The first-order chi connectivity index (χ1) is 10.3. The van der Waals surface area contributed by atoms with E-state index in [1.807, 2.05) is 30.3 Å². The van der Waals surface area contributed by atoms with Gasteiger partial charge in [0.05, 0.1) is 18.2 Å². The average molecular weight is 278 g/mol. The van der Waals surface area contributed by atoms with Crippen molar-refractivity contribution >= 4 is 5.91 Å². The van der Waals surface area contributed by atoms with E-state index in [2.05, 4.69) is 5.32 Å². The molecule has 0 aromatic heterocycles. The van der Waals surface area contributed by atoms with Crippen molar-refractivity contribution in [2.75, 3.05) is 13.2 Å². The highest BCUT2D eigenvalue weighted by molar-refractivity contribution is 5.94. The van der Waals surface area contributed by atoms with Gasteiger partial charge in [0.2, 0.25) is 0 Å². The predicted octanol–water partition coefficient (Wildman–Crippen LogP) is 2.46. The first-order valence-corrected chi connectivity index (χ1v) is 6.78. The Kier molecular flexibility index (Phi) is 3.57. The van der Waals surface area contributed by atoms with Gasteiger partial charge in [-0.15, -0.1) is 0 Å². The Labute approximate surface area is 123 Å². The fourth-order valence-corrected chi connectivity index (χ4v) is 2.45. The Morgan fingerprint density at radius 2 is 2.14 bits per heavy atom. The predicted molar refractivity (Wildman–Crippen MR) is 78.2 cm³/mol. The maximum absolute atomic E-state index is 12.1. The molecule has 1 aliphatic rings. The molecule has 0 radical (unpaired) electrons. The molecule has 1 heterocycles. The maximum atomic E-state index is 12.1. The summed E-state index contributed by atoms with van der Waals surface area (Å²) in [5.41, 5.74) is 2.11. The second kappa shape index (κ2) is 5.68. The summed E-state index contributed by atoms with van der Waals surface area (Å²) in [6.07, 6.45) is 0. The molecule has 1 N–H and O–H groups in total. The highest BCUT2D eigenvalue weighted by Gasteiger charge is 2.23. The number of hydrogen-bond acceptors (Lipinski definition) is 3. The molecule has 1 atom stereocenters. The Balaban J connectivity index is 1.66. The van der Waals surface area contributed by atoms with Crippen LogP contribution in [0.4, 0.5) is 0 Å². The van der Waals surface area contributed by atoms with Crippen molar-refractivity contribution in [3.05, 3.63) is 65.2 Å². The number of amides is 1. The van der Waals surface area contributed by atoms with E-state index in [1.165, 1.54) is 0 Å². The largest absolute Gasteiger partial charge is 0.493 e. The van der Waals surface area contributed by atoms with Crippen LogP contribution in [0, 0.1) is 11.3 Å². The van der Waals surface area contributed by atoms with Gasteiger partial charge in [-0.3, -0.25) is 4.79 Å². The Hall–Kier alpha value is -2.80. The van der Waals surface area contributed by atoms with Crippen molar-refractivity contribution in [1.29, 1.82) is 5.26 Å². The lowest BCUT2D eigenvalue weighted by molar-refractivity contribution is 0.0950.